The van der Waals surface area contributed by atoms with Crippen molar-refractivity contribution in [3.63, 3.8) is 0 Å². The van der Waals surface area contributed by atoms with Gasteiger partial charge in [-0.1, -0.05) is 0 Å². The topological polar surface area (TPSA) is 45.5 Å². The van der Waals surface area contributed by atoms with Crippen molar-refractivity contribution in [3.8, 4) is 0 Å². The van der Waals surface area contributed by atoms with Crippen molar-refractivity contribution in [2.45, 2.75) is 19.8 Å². The Morgan fingerprint density at radius 1 is 1.41 bits per heavy atom. The molecule has 0 spiro atoms. The Morgan fingerprint density at radius 2 is 2.18 bits per heavy atom. The maximum atomic E-state index is 11.8. The lowest BCUT2D eigenvalue weighted by Crippen LogP contribution is -2.43. The van der Waals surface area contributed by atoms with Gasteiger partial charge in [-0.25, -0.2) is 0 Å². The van der Waals surface area contributed by atoms with E-state index in [1.807, 2.05) is 13.0 Å². The first kappa shape index (κ1) is 12.3. The number of nitrogens with one attached hydrogen (secondary N) is 1. The van der Waals surface area contributed by atoms with Crippen LogP contribution < -0.4 is 5.32 Å². The van der Waals surface area contributed by atoms with E-state index in [0.29, 0.717) is 12.2 Å². The third-order valence-corrected chi connectivity index (χ3v) is 3.10. The van der Waals surface area contributed by atoms with E-state index in [9.17, 15) is 4.79 Å². The molecule has 0 radical (unpaired) electrons. The lowest BCUT2D eigenvalue weighted by molar-refractivity contribution is 0.0945. The molecule has 1 N–H and O–H groups in total. The molecule has 0 saturated carbocycles. The van der Waals surface area contributed by atoms with Crippen LogP contribution in [0.25, 0.3) is 0 Å². The summed E-state index contributed by atoms with van der Waals surface area (Å²) in [5.74, 6) is 1.42. The Balaban J connectivity index is 1.69. The van der Waals surface area contributed by atoms with Crippen LogP contribution in [0.4, 0.5) is 0 Å². The van der Waals surface area contributed by atoms with Gasteiger partial charge in [-0.2, -0.15) is 0 Å². The molecule has 0 unspecified atom stereocenters. The summed E-state index contributed by atoms with van der Waals surface area (Å²) < 4.78 is 5.31. The predicted molar refractivity (Wildman–Crippen MR) is 66.3 cm³/mol. The summed E-state index contributed by atoms with van der Waals surface area (Å²) in [5.41, 5.74) is 0. The van der Waals surface area contributed by atoms with E-state index >= 15 is 0 Å². The fourth-order valence-electron chi connectivity index (χ4n) is 2.11. The molecule has 1 aromatic heterocycles. The average molecular weight is 236 g/mol. The molecular weight excluding hydrogens is 216 g/mol. The van der Waals surface area contributed by atoms with E-state index < -0.39 is 0 Å². The SMILES string of the molecule is Cc1ccc(C(=O)CCCN2CCNCC2)o1. The fraction of sp³-hybridized carbons (Fsp3) is 0.615. The van der Waals surface area contributed by atoms with Crippen LogP contribution >= 0.6 is 0 Å². The van der Waals surface area contributed by atoms with Gasteiger partial charge in [-0.15, -0.1) is 0 Å². The van der Waals surface area contributed by atoms with Crippen molar-refractivity contribution in [2.75, 3.05) is 32.7 Å². The van der Waals surface area contributed by atoms with Gasteiger partial charge in [0.25, 0.3) is 0 Å². The molecule has 2 rings (SSSR count). The number of carbonyl (C=O) groups excluding carboxylic acids is 1. The van der Waals surface area contributed by atoms with Crippen LogP contribution in [0.15, 0.2) is 16.5 Å². The summed E-state index contributed by atoms with van der Waals surface area (Å²) in [7, 11) is 0. The average Bonchev–Trinajstić information content (AvgIpc) is 2.77. The molecule has 4 nitrogen and oxygen atoms in total. The monoisotopic (exact) mass is 236 g/mol. The van der Waals surface area contributed by atoms with Gasteiger partial charge in [0.2, 0.25) is 0 Å². The van der Waals surface area contributed by atoms with Gasteiger partial charge < -0.3 is 14.6 Å². The Hall–Kier alpha value is -1.13. The number of aryl methyl sites for hydroxylation is 1. The highest BCUT2D eigenvalue weighted by Crippen LogP contribution is 2.10. The first-order valence-electron chi connectivity index (χ1n) is 6.28. The molecular formula is C13H20N2O2. The molecule has 0 aliphatic carbocycles. The maximum absolute atomic E-state index is 11.8. The number of furan rings is 1. The van der Waals surface area contributed by atoms with Gasteiger partial charge in [0.1, 0.15) is 5.76 Å². The van der Waals surface area contributed by atoms with Gasteiger partial charge in [-0.05, 0) is 32.0 Å². The lowest BCUT2D eigenvalue weighted by atomic mass is 10.1. The summed E-state index contributed by atoms with van der Waals surface area (Å²) in [5, 5.41) is 3.32. The maximum Gasteiger partial charge on any atom is 0.198 e. The zero-order valence-corrected chi connectivity index (χ0v) is 10.4. The van der Waals surface area contributed by atoms with E-state index in [4.69, 9.17) is 4.42 Å². The molecule has 1 fully saturated rings. The highest BCUT2D eigenvalue weighted by Gasteiger charge is 2.12. The van der Waals surface area contributed by atoms with Crippen LogP contribution in [0.1, 0.15) is 29.2 Å². The number of hydrogen-bond donors (Lipinski definition) is 1. The molecule has 17 heavy (non-hydrogen) atoms. The van der Waals surface area contributed by atoms with Crippen molar-refractivity contribution in [1.29, 1.82) is 0 Å². The standard InChI is InChI=1S/C13H20N2O2/c1-11-4-5-13(17-11)12(16)3-2-8-15-9-6-14-7-10-15/h4-5,14H,2-3,6-10H2,1H3. The van der Waals surface area contributed by atoms with E-state index in [-0.39, 0.29) is 5.78 Å². The molecule has 2 heterocycles. The normalized spacial score (nSPS) is 17.2. The second-order valence-corrected chi connectivity index (χ2v) is 4.53. The van der Waals surface area contributed by atoms with Crippen molar-refractivity contribution in [2.24, 2.45) is 0 Å². The number of ketones is 1. The van der Waals surface area contributed by atoms with E-state index in [0.717, 1.165) is 44.9 Å². The molecule has 94 valence electrons. The Bertz CT molecular complexity index is 367. The minimum absolute atomic E-state index is 0.119. The van der Waals surface area contributed by atoms with Crippen LogP contribution in [-0.2, 0) is 0 Å². The van der Waals surface area contributed by atoms with Gasteiger partial charge >= 0.3 is 0 Å². The van der Waals surface area contributed by atoms with Crippen LogP contribution in [0.3, 0.4) is 0 Å². The molecule has 0 bridgehead atoms. The summed E-state index contributed by atoms with van der Waals surface area (Å²) >= 11 is 0. The first-order valence-corrected chi connectivity index (χ1v) is 6.28. The molecule has 4 heteroatoms. The molecule has 0 atom stereocenters. The lowest BCUT2D eigenvalue weighted by Gasteiger charge is -2.26. The largest absolute Gasteiger partial charge is 0.458 e. The fourth-order valence-corrected chi connectivity index (χ4v) is 2.11. The van der Waals surface area contributed by atoms with Gasteiger partial charge in [0, 0.05) is 32.6 Å². The van der Waals surface area contributed by atoms with Crippen LogP contribution in [0.5, 0.6) is 0 Å². The summed E-state index contributed by atoms with van der Waals surface area (Å²) in [4.78, 5) is 14.2. The summed E-state index contributed by atoms with van der Waals surface area (Å²) in [6, 6.07) is 3.60. The number of nitrogens with zero attached hydrogens (tertiary/aromatic N) is 1. The number of hydrogen-bond acceptors (Lipinski definition) is 4. The van der Waals surface area contributed by atoms with Crippen LogP contribution in [-0.4, -0.2) is 43.4 Å². The zero-order chi connectivity index (χ0) is 12.1. The summed E-state index contributed by atoms with van der Waals surface area (Å²) in [6.45, 7) is 7.17. The zero-order valence-electron chi connectivity index (χ0n) is 10.4. The van der Waals surface area contributed by atoms with Gasteiger partial charge in [0.05, 0.1) is 0 Å². The quantitative estimate of drug-likeness (QED) is 0.786. The van der Waals surface area contributed by atoms with E-state index in [1.165, 1.54) is 0 Å². The molecule has 0 amide bonds. The minimum Gasteiger partial charge on any atom is -0.458 e. The number of rotatable bonds is 5. The number of carbonyl (C=O) groups is 1. The smallest absolute Gasteiger partial charge is 0.198 e. The second kappa shape index (κ2) is 5.98. The molecule has 1 aliphatic rings. The summed E-state index contributed by atoms with van der Waals surface area (Å²) in [6.07, 6.45) is 1.50. The highest BCUT2D eigenvalue weighted by molar-refractivity contribution is 5.93. The molecule has 1 aliphatic heterocycles. The molecule has 1 aromatic rings. The predicted octanol–water partition coefficient (Wildman–Crippen LogP) is 1.46. The third kappa shape index (κ3) is 3.68. The van der Waals surface area contributed by atoms with Crippen LogP contribution in [0, 0.1) is 6.92 Å². The van der Waals surface area contributed by atoms with Crippen molar-refractivity contribution in [3.05, 3.63) is 23.7 Å². The van der Waals surface area contributed by atoms with Crippen LogP contribution in [0.2, 0.25) is 0 Å². The van der Waals surface area contributed by atoms with Crippen molar-refractivity contribution < 1.29 is 9.21 Å². The third-order valence-electron chi connectivity index (χ3n) is 3.10. The number of Topliss-reactive ketones (excluding diaryl/α,β-unsaturated/α-hetero) is 1. The Morgan fingerprint density at radius 3 is 2.82 bits per heavy atom. The second-order valence-electron chi connectivity index (χ2n) is 4.53. The first-order chi connectivity index (χ1) is 8.25. The Kier molecular flexibility index (Phi) is 4.34. The van der Waals surface area contributed by atoms with E-state index in [2.05, 4.69) is 10.2 Å². The molecule has 1 saturated heterocycles. The van der Waals surface area contributed by atoms with Gasteiger partial charge in [0.15, 0.2) is 11.5 Å². The van der Waals surface area contributed by atoms with Crippen molar-refractivity contribution in [1.82, 2.24) is 10.2 Å². The Labute approximate surface area is 102 Å². The number of piperazine rings is 1. The van der Waals surface area contributed by atoms with Crippen molar-refractivity contribution >= 4 is 5.78 Å². The van der Waals surface area contributed by atoms with E-state index in [1.54, 1.807) is 6.07 Å². The molecule has 0 aromatic carbocycles. The highest BCUT2D eigenvalue weighted by atomic mass is 16.3. The van der Waals surface area contributed by atoms with Gasteiger partial charge in [-0.3, -0.25) is 4.79 Å². The minimum atomic E-state index is 0.119.